The summed E-state index contributed by atoms with van der Waals surface area (Å²) in [5.41, 5.74) is 3.77. The molecule has 2 aromatic carbocycles. The molecule has 1 fully saturated rings. The molecule has 3 heteroatoms. The standard InChI is InChI=1S/C22H28N2O/c1-17(25)23-21-12-8-7-11-20(21)18-13-15-22(16-14-18,24(2)3)19-9-5-4-6-10-19/h4-12,18H,13-16H2,1-3H3,(H,23,25). The minimum absolute atomic E-state index is 0.00446. The molecule has 3 nitrogen and oxygen atoms in total. The number of amides is 1. The van der Waals surface area contributed by atoms with Crippen molar-refractivity contribution in [2.24, 2.45) is 0 Å². The van der Waals surface area contributed by atoms with Crippen LogP contribution < -0.4 is 5.32 Å². The first-order valence-electron chi connectivity index (χ1n) is 9.12. The van der Waals surface area contributed by atoms with Gasteiger partial charge in [0.15, 0.2) is 0 Å². The second-order valence-electron chi connectivity index (χ2n) is 7.33. The van der Waals surface area contributed by atoms with Crippen molar-refractivity contribution in [1.29, 1.82) is 0 Å². The molecule has 1 N–H and O–H groups in total. The number of anilines is 1. The van der Waals surface area contributed by atoms with Crippen molar-refractivity contribution in [3.63, 3.8) is 0 Å². The Bertz CT molecular complexity index is 716. The molecule has 0 heterocycles. The van der Waals surface area contributed by atoms with Crippen molar-refractivity contribution in [2.45, 2.75) is 44.1 Å². The second-order valence-corrected chi connectivity index (χ2v) is 7.33. The van der Waals surface area contributed by atoms with Crippen LogP contribution in [0.4, 0.5) is 5.69 Å². The first kappa shape index (κ1) is 17.7. The van der Waals surface area contributed by atoms with E-state index in [2.05, 4.69) is 66.8 Å². The van der Waals surface area contributed by atoms with Gasteiger partial charge >= 0.3 is 0 Å². The molecule has 1 amide bonds. The fourth-order valence-corrected chi connectivity index (χ4v) is 4.31. The third-order valence-corrected chi connectivity index (χ3v) is 5.69. The Kier molecular flexibility index (Phi) is 5.24. The van der Waals surface area contributed by atoms with Crippen LogP contribution in [0.5, 0.6) is 0 Å². The van der Waals surface area contributed by atoms with E-state index in [1.54, 1.807) is 6.92 Å². The summed E-state index contributed by atoms with van der Waals surface area (Å²) in [5, 5.41) is 3.00. The number of hydrogen-bond donors (Lipinski definition) is 1. The molecular formula is C22H28N2O. The van der Waals surface area contributed by atoms with Crippen molar-refractivity contribution in [2.75, 3.05) is 19.4 Å². The van der Waals surface area contributed by atoms with Crippen molar-refractivity contribution in [3.8, 4) is 0 Å². The van der Waals surface area contributed by atoms with Crippen LogP contribution in [0.25, 0.3) is 0 Å². The lowest BCUT2D eigenvalue weighted by Crippen LogP contribution is -2.44. The lowest BCUT2D eigenvalue weighted by Gasteiger charge is -2.46. The van der Waals surface area contributed by atoms with Gasteiger partial charge in [0.2, 0.25) is 5.91 Å². The van der Waals surface area contributed by atoms with Crippen molar-refractivity contribution >= 4 is 11.6 Å². The topological polar surface area (TPSA) is 32.3 Å². The molecule has 0 saturated heterocycles. The van der Waals surface area contributed by atoms with Gasteiger partial charge in [-0.2, -0.15) is 0 Å². The second kappa shape index (κ2) is 7.40. The Morgan fingerprint density at radius 3 is 2.20 bits per heavy atom. The Morgan fingerprint density at radius 2 is 1.60 bits per heavy atom. The van der Waals surface area contributed by atoms with Crippen molar-refractivity contribution in [3.05, 3.63) is 65.7 Å². The highest BCUT2D eigenvalue weighted by atomic mass is 16.1. The molecule has 1 aliphatic carbocycles. The third-order valence-electron chi connectivity index (χ3n) is 5.69. The van der Waals surface area contributed by atoms with E-state index in [1.807, 2.05) is 12.1 Å². The van der Waals surface area contributed by atoms with Crippen LogP contribution in [0.15, 0.2) is 54.6 Å². The largest absolute Gasteiger partial charge is 0.326 e. The maximum absolute atomic E-state index is 11.5. The van der Waals surface area contributed by atoms with Crippen LogP contribution in [-0.2, 0) is 10.3 Å². The summed E-state index contributed by atoms with van der Waals surface area (Å²) in [6.07, 6.45) is 4.51. The Balaban J connectivity index is 1.83. The van der Waals surface area contributed by atoms with Gasteiger partial charge in [-0.05, 0) is 62.9 Å². The summed E-state index contributed by atoms with van der Waals surface area (Å²) >= 11 is 0. The van der Waals surface area contributed by atoms with Crippen LogP contribution in [0.2, 0.25) is 0 Å². The van der Waals surface area contributed by atoms with Gasteiger partial charge in [-0.1, -0.05) is 48.5 Å². The summed E-state index contributed by atoms with van der Waals surface area (Å²) in [6.45, 7) is 1.57. The van der Waals surface area contributed by atoms with Gasteiger partial charge in [0.1, 0.15) is 0 Å². The van der Waals surface area contributed by atoms with E-state index in [-0.39, 0.29) is 11.4 Å². The normalized spacial score (nSPS) is 23.4. The van der Waals surface area contributed by atoms with E-state index < -0.39 is 0 Å². The van der Waals surface area contributed by atoms with Crippen molar-refractivity contribution < 1.29 is 4.79 Å². The quantitative estimate of drug-likeness (QED) is 0.873. The first-order chi connectivity index (χ1) is 12.0. The van der Waals surface area contributed by atoms with Crippen LogP contribution in [0.3, 0.4) is 0 Å². The van der Waals surface area contributed by atoms with E-state index in [0.29, 0.717) is 5.92 Å². The maximum Gasteiger partial charge on any atom is 0.221 e. The van der Waals surface area contributed by atoms with E-state index in [1.165, 1.54) is 11.1 Å². The highest BCUT2D eigenvalue weighted by Gasteiger charge is 2.39. The molecule has 1 saturated carbocycles. The van der Waals surface area contributed by atoms with E-state index in [4.69, 9.17) is 0 Å². The van der Waals surface area contributed by atoms with Crippen LogP contribution in [-0.4, -0.2) is 24.9 Å². The summed E-state index contributed by atoms with van der Waals surface area (Å²) in [6, 6.07) is 19.1. The molecule has 0 aromatic heterocycles. The van der Waals surface area contributed by atoms with Crippen LogP contribution >= 0.6 is 0 Å². The smallest absolute Gasteiger partial charge is 0.221 e. The number of nitrogens with zero attached hydrogens (tertiary/aromatic N) is 1. The maximum atomic E-state index is 11.5. The summed E-state index contributed by atoms with van der Waals surface area (Å²) in [4.78, 5) is 13.9. The molecule has 2 aromatic rings. The zero-order valence-electron chi connectivity index (χ0n) is 15.5. The van der Waals surface area contributed by atoms with Gasteiger partial charge in [-0.3, -0.25) is 9.69 Å². The van der Waals surface area contributed by atoms with Crippen molar-refractivity contribution in [1.82, 2.24) is 4.90 Å². The number of rotatable bonds is 4. The van der Waals surface area contributed by atoms with Gasteiger partial charge in [-0.15, -0.1) is 0 Å². The predicted molar refractivity (Wildman–Crippen MR) is 104 cm³/mol. The third kappa shape index (κ3) is 3.62. The Morgan fingerprint density at radius 1 is 1.00 bits per heavy atom. The SMILES string of the molecule is CC(=O)Nc1ccccc1C1CCC(c2ccccc2)(N(C)C)CC1. The highest BCUT2D eigenvalue weighted by Crippen LogP contribution is 2.47. The average Bonchev–Trinajstić information content (AvgIpc) is 2.62. The highest BCUT2D eigenvalue weighted by molar-refractivity contribution is 5.89. The molecule has 0 radical (unpaired) electrons. The average molecular weight is 336 g/mol. The molecule has 3 rings (SSSR count). The molecule has 25 heavy (non-hydrogen) atoms. The molecule has 1 aliphatic rings. The number of benzene rings is 2. The lowest BCUT2D eigenvalue weighted by atomic mass is 9.70. The monoisotopic (exact) mass is 336 g/mol. The van der Waals surface area contributed by atoms with Gasteiger partial charge in [0.25, 0.3) is 0 Å². The lowest BCUT2D eigenvalue weighted by molar-refractivity contribution is -0.114. The molecule has 0 unspecified atom stereocenters. The fourth-order valence-electron chi connectivity index (χ4n) is 4.31. The van der Waals surface area contributed by atoms with E-state index in [9.17, 15) is 4.79 Å². The van der Waals surface area contributed by atoms with Gasteiger partial charge in [-0.25, -0.2) is 0 Å². The summed E-state index contributed by atoms with van der Waals surface area (Å²) in [7, 11) is 4.39. The summed E-state index contributed by atoms with van der Waals surface area (Å²) in [5.74, 6) is 0.495. The Hall–Kier alpha value is -2.13. The minimum atomic E-state index is -0.00446. The first-order valence-corrected chi connectivity index (χ1v) is 9.12. The van der Waals surface area contributed by atoms with Crippen LogP contribution in [0, 0.1) is 0 Å². The number of carbonyl (C=O) groups is 1. The number of nitrogens with one attached hydrogen (secondary N) is 1. The molecule has 0 spiro atoms. The number of para-hydroxylation sites is 1. The zero-order valence-corrected chi connectivity index (χ0v) is 15.5. The molecule has 0 atom stereocenters. The van der Waals surface area contributed by atoms with Crippen LogP contribution in [0.1, 0.15) is 49.7 Å². The fraction of sp³-hybridized carbons (Fsp3) is 0.409. The molecule has 132 valence electrons. The van der Waals surface area contributed by atoms with Gasteiger partial charge in [0.05, 0.1) is 0 Å². The number of hydrogen-bond acceptors (Lipinski definition) is 2. The summed E-state index contributed by atoms with van der Waals surface area (Å²) < 4.78 is 0. The van der Waals surface area contributed by atoms with E-state index >= 15 is 0 Å². The van der Waals surface area contributed by atoms with Gasteiger partial charge < -0.3 is 5.32 Å². The predicted octanol–water partition coefficient (Wildman–Crippen LogP) is 4.76. The Labute approximate surface area is 151 Å². The van der Waals surface area contributed by atoms with Gasteiger partial charge in [0, 0.05) is 18.2 Å². The number of carbonyl (C=O) groups excluding carboxylic acids is 1. The van der Waals surface area contributed by atoms with E-state index in [0.717, 1.165) is 31.4 Å². The molecular weight excluding hydrogens is 308 g/mol. The molecule has 0 aliphatic heterocycles. The molecule has 0 bridgehead atoms. The minimum Gasteiger partial charge on any atom is -0.326 e. The zero-order chi connectivity index (χ0) is 17.9.